The van der Waals surface area contributed by atoms with Gasteiger partial charge in [0.05, 0.1) is 0 Å². The lowest BCUT2D eigenvalue weighted by atomic mass is 10.2. The molecule has 0 bridgehead atoms. The molecule has 1 rings (SSSR count). The zero-order chi connectivity index (χ0) is 15.0. The Balaban J connectivity index is 2.60. The van der Waals surface area contributed by atoms with E-state index >= 15 is 0 Å². The second-order valence-corrected chi connectivity index (χ2v) is 5.11. The Morgan fingerprint density at radius 1 is 1.30 bits per heavy atom. The number of hydrogen-bond acceptors (Lipinski definition) is 4. The van der Waals surface area contributed by atoms with Crippen molar-refractivity contribution in [3.63, 3.8) is 0 Å². The SMILES string of the molecule is CCCCN(C)C(=O)c1ccnc(OCCN(C)C)c1. The van der Waals surface area contributed by atoms with Crippen LogP contribution in [0.4, 0.5) is 0 Å². The lowest BCUT2D eigenvalue weighted by Crippen LogP contribution is -2.27. The van der Waals surface area contributed by atoms with Crippen LogP contribution in [0.1, 0.15) is 30.1 Å². The smallest absolute Gasteiger partial charge is 0.253 e. The number of pyridine rings is 1. The van der Waals surface area contributed by atoms with Crippen molar-refractivity contribution in [1.29, 1.82) is 0 Å². The fraction of sp³-hybridized carbons (Fsp3) is 0.600. The van der Waals surface area contributed by atoms with E-state index in [1.165, 1.54) is 0 Å². The third kappa shape index (κ3) is 5.57. The highest BCUT2D eigenvalue weighted by Crippen LogP contribution is 2.11. The van der Waals surface area contributed by atoms with Gasteiger partial charge in [0, 0.05) is 38.0 Å². The van der Waals surface area contributed by atoms with Crippen LogP contribution in [0.3, 0.4) is 0 Å². The number of carbonyl (C=O) groups is 1. The third-order valence-electron chi connectivity index (χ3n) is 2.96. The quantitative estimate of drug-likeness (QED) is 0.729. The zero-order valence-electron chi connectivity index (χ0n) is 12.9. The van der Waals surface area contributed by atoms with Crippen molar-refractivity contribution in [2.75, 3.05) is 40.8 Å². The number of ether oxygens (including phenoxy) is 1. The van der Waals surface area contributed by atoms with E-state index in [1.807, 2.05) is 26.0 Å². The fourth-order valence-corrected chi connectivity index (χ4v) is 1.67. The minimum Gasteiger partial charge on any atom is -0.476 e. The summed E-state index contributed by atoms with van der Waals surface area (Å²) in [4.78, 5) is 20.1. The predicted molar refractivity (Wildman–Crippen MR) is 80.2 cm³/mol. The Morgan fingerprint density at radius 3 is 2.70 bits per heavy atom. The Kier molecular flexibility index (Phi) is 7.01. The van der Waals surface area contributed by atoms with E-state index in [4.69, 9.17) is 4.74 Å². The minimum atomic E-state index is 0.0123. The van der Waals surface area contributed by atoms with Crippen molar-refractivity contribution < 1.29 is 9.53 Å². The minimum absolute atomic E-state index is 0.0123. The van der Waals surface area contributed by atoms with E-state index in [2.05, 4.69) is 11.9 Å². The van der Waals surface area contributed by atoms with Gasteiger partial charge in [-0.3, -0.25) is 4.79 Å². The Bertz CT molecular complexity index is 421. The first-order valence-corrected chi connectivity index (χ1v) is 7.03. The summed E-state index contributed by atoms with van der Waals surface area (Å²) in [6.07, 6.45) is 3.71. The molecule has 20 heavy (non-hydrogen) atoms. The Morgan fingerprint density at radius 2 is 2.05 bits per heavy atom. The van der Waals surface area contributed by atoms with Crippen molar-refractivity contribution in [2.45, 2.75) is 19.8 Å². The molecule has 1 heterocycles. The first kappa shape index (κ1) is 16.4. The van der Waals surface area contributed by atoms with Gasteiger partial charge in [0.25, 0.3) is 5.91 Å². The fourth-order valence-electron chi connectivity index (χ4n) is 1.67. The van der Waals surface area contributed by atoms with Gasteiger partial charge in [0.1, 0.15) is 6.61 Å². The first-order chi connectivity index (χ1) is 9.54. The summed E-state index contributed by atoms with van der Waals surface area (Å²) >= 11 is 0. The molecular formula is C15H25N3O2. The molecule has 0 fully saturated rings. The van der Waals surface area contributed by atoms with Gasteiger partial charge >= 0.3 is 0 Å². The van der Waals surface area contributed by atoms with Gasteiger partial charge in [-0.1, -0.05) is 13.3 Å². The summed E-state index contributed by atoms with van der Waals surface area (Å²) in [6.45, 7) is 4.26. The van der Waals surface area contributed by atoms with Crippen LogP contribution >= 0.6 is 0 Å². The molecule has 0 saturated carbocycles. The highest BCUT2D eigenvalue weighted by molar-refractivity contribution is 5.94. The van der Waals surface area contributed by atoms with Crippen LogP contribution in [-0.2, 0) is 0 Å². The summed E-state index contributed by atoms with van der Waals surface area (Å²) in [5.41, 5.74) is 0.624. The van der Waals surface area contributed by atoms with Crippen molar-refractivity contribution >= 4 is 5.91 Å². The maximum atomic E-state index is 12.2. The van der Waals surface area contributed by atoms with Gasteiger partial charge in [-0.25, -0.2) is 4.98 Å². The number of hydrogen-bond donors (Lipinski definition) is 0. The number of unbranched alkanes of at least 4 members (excludes halogenated alkanes) is 1. The van der Waals surface area contributed by atoms with Gasteiger partial charge < -0.3 is 14.5 Å². The second kappa shape index (κ2) is 8.53. The standard InChI is InChI=1S/C15H25N3O2/c1-5-6-9-18(4)15(19)13-7-8-16-14(12-13)20-11-10-17(2)3/h7-8,12H,5-6,9-11H2,1-4H3. The molecule has 1 aromatic rings. The average molecular weight is 279 g/mol. The molecule has 0 aromatic carbocycles. The van der Waals surface area contributed by atoms with E-state index in [-0.39, 0.29) is 5.91 Å². The molecule has 112 valence electrons. The summed E-state index contributed by atoms with van der Waals surface area (Å²) in [7, 11) is 5.80. The maximum absolute atomic E-state index is 12.2. The molecule has 1 amide bonds. The van der Waals surface area contributed by atoms with E-state index in [0.29, 0.717) is 18.1 Å². The highest BCUT2D eigenvalue weighted by atomic mass is 16.5. The zero-order valence-corrected chi connectivity index (χ0v) is 12.9. The number of nitrogens with zero attached hydrogens (tertiary/aromatic N) is 3. The second-order valence-electron chi connectivity index (χ2n) is 5.11. The lowest BCUT2D eigenvalue weighted by Gasteiger charge is -2.17. The van der Waals surface area contributed by atoms with E-state index < -0.39 is 0 Å². The van der Waals surface area contributed by atoms with Crippen molar-refractivity contribution in [3.05, 3.63) is 23.9 Å². The molecule has 0 radical (unpaired) electrons. The first-order valence-electron chi connectivity index (χ1n) is 7.03. The molecule has 0 saturated heterocycles. The van der Waals surface area contributed by atoms with Crippen LogP contribution < -0.4 is 4.74 Å². The molecule has 1 aromatic heterocycles. The van der Waals surface area contributed by atoms with Gasteiger partial charge in [-0.05, 0) is 26.6 Å². The average Bonchev–Trinajstić information content (AvgIpc) is 2.44. The third-order valence-corrected chi connectivity index (χ3v) is 2.96. The number of likely N-dealkylation sites (N-methyl/N-ethyl adjacent to an activating group) is 1. The molecule has 0 aliphatic heterocycles. The van der Waals surface area contributed by atoms with Gasteiger partial charge in [0.2, 0.25) is 5.88 Å². The molecule has 0 N–H and O–H groups in total. The monoisotopic (exact) mass is 279 g/mol. The lowest BCUT2D eigenvalue weighted by molar-refractivity contribution is 0.0792. The number of carbonyl (C=O) groups excluding carboxylic acids is 1. The van der Waals surface area contributed by atoms with Crippen LogP contribution in [0, 0.1) is 0 Å². The van der Waals surface area contributed by atoms with Crippen LogP contribution in [0.5, 0.6) is 5.88 Å². The molecular weight excluding hydrogens is 254 g/mol. The van der Waals surface area contributed by atoms with Crippen LogP contribution in [0.15, 0.2) is 18.3 Å². The number of rotatable bonds is 8. The molecule has 5 nitrogen and oxygen atoms in total. The van der Waals surface area contributed by atoms with Crippen LogP contribution in [0.2, 0.25) is 0 Å². The van der Waals surface area contributed by atoms with Crippen LogP contribution in [0.25, 0.3) is 0 Å². The highest BCUT2D eigenvalue weighted by Gasteiger charge is 2.12. The largest absolute Gasteiger partial charge is 0.476 e. The molecule has 0 spiro atoms. The number of aromatic nitrogens is 1. The van der Waals surface area contributed by atoms with Gasteiger partial charge in [0.15, 0.2) is 0 Å². The summed E-state index contributed by atoms with van der Waals surface area (Å²) in [5, 5.41) is 0. The molecule has 5 heteroatoms. The van der Waals surface area contributed by atoms with Crippen molar-refractivity contribution in [2.24, 2.45) is 0 Å². The van der Waals surface area contributed by atoms with E-state index in [1.54, 1.807) is 23.2 Å². The Labute approximate surface area is 121 Å². The Hall–Kier alpha value is -1.62. The van der Waals surface area contributed by atoms with E-state index in [0.717, 1.165) is 25.9 Å². The molecule has 0 unspecified atom stereocenters. The predicted octanol–water partition coefficient (Wildman–Crippen LogP) is 1.89. The molecule has 0 aliphatic carbocycles. The summed E-state index contributed by atoms with van der Waals surface area (Å²) in [5.74, 6) is 0.514. The van der Waals surface area contributed by atoms with Crippen molar-refractivity contribution in [3.8, 4) is 5.88 Å². The van der Waals surface area contributed by atoms with E-state index in [9.17, 15) is 4.79 Å². The van der Waals surface area contributed by atoms with Gasteiger partial charge in [-0.15, -0.1) is 0 Å². The van der Waals surface area contributed by atoms with Crippen molar-refractivity contribution in [1.82, 2.24) is 14.8 Å². The molecule has 0 atom stereocenters. The molecule has 0 aliphatic rings. The summed E-state index contributed by atoms with van der Waals surface area (Å²) < 4.78 is 5.55. The maximum Gasteiger partial charge on any atom is 0.253 e. The van der Waals surface area contributed by atoms with Crippen LogP contribution in [-0.4, -0.2) is 61.5 Å². The normalized spacial score (nSPS) is 10.7. The topological polar surface area (TPSA) is 45.7 Å². The number of amides is 1. The van der Waals surface area contributed by atoms with Gasteiger partial charge in [-0.2, -0.15) is 0 Å². The summed E-state index contributed by atoms with van der Waals surface area (Å²) in [6, 6.07) is 3.43.